The highest BCUT2D eigenvalue weighted by Crippen LogP contribution is 2.45. The Bertz CT molecular complexity index is 2050. The minimum atomic E-state index is -4.97. The molecule has 0 amide bonds. The van der Waals surface area contributed by atoms with Crippen LogP contribution in [0, 0.1) is 17.8 Å². The van der Waals surface area contributed by atoms with Crippen molar-refractivity contribution in [1.82, 2.24) is 0 Å². The Kier molecular flexibility index (Phi) is 75.6. The second-order valence-corrected chi connectivity index (χ2v) is 35.4. The number of aliphatic hydroxyl groups is 1. The van der Waals surface area contributed by atoms with Crippen molar-refractivity contribution < 1.29 is 80.2 Å². The number of esters is 4. The number of unbranched alkanes of at least 4 members (excludes halogenated alkanes) is 52. The van der Waals surface area contributed by atoms with E-state index in [-0.39, 0.29) is 25.7 Å². The third-order valence-corrected chi connectivity index (χ3v) is 22.6. The molecule has 19 heteroatoms. The maximum absolute atomic E-state index is 13.2. The molecule has 630 valence electrons. The van der Waals surface area contributed by atoms with Gasteiger partial charge < -0.3 is 33.8 Å². The Balaban J connectivity index is 5.21. The number of hydrogen-bond donors (Lipinski definition) is 3. The second kappa shape index (κ2) is 77.0. The van der Waals surface area contributed by atoms with E-state index >= 15 is 0 Å². The first-order valence-electron chi connectivity index (χ1n) is 44.9. The average Bonchev–Trinajstić information content (AvgIpc) is 0.903. The summed E-state index contributed by atoms with van der Waals surface area (Å²) >= 11 is 0. The molecule has 0 spiro atoms. The second-order valence-electron chi connectivity index (χ2n) is 32.5. The van der Waals surface area contributed by atoms with E-state index in [1.165, 1.54) is 263 Å². The first kappa shape index (κ1) is 104. The minimum absolute atomic E-state index is 0.106. The molecule has 0 rings (SSSR count). The molecule has 17 nitrogen and oxygen atoms in total. The summed E-state index contributed by atoms with van der Waals surface area (Å²) in [7, 11) is -9.93. The first-order chi connectivity index (χ1) is 51.3. The summed E-state index contributed by atoms with van der Waals surface area (Å²) in [5, 5.41) is 10.7. The van der Waals surface area contributed by atoms with Crippen molar-refractivity contribution in [1.29, 1.82) is 0 Å². The van der Waals surface area contributed by atoms with Crippen molar-refractivity contribution in [2.75, 3.05) is 39.6 Å². The predicted molar refractivity (Wildman–Crippen MR) is 437 cm³/mol. The van der Waals surface area contributed by atoms with E-state index in [0.717, 1.165) is 114 Å². The zero-order valence-electron chi connectivity index (χ0n) is 69.9. The summed E-state index contributed by atoms with van der Waals surface area (Å²) in [4.78, 5) is 73.2. The average molecular weight is 1550 g/mol. The molecule has 0 aliphatic carbocycles. The number of hydrogen-bond acceptors (Lipinski definition) is 15. The number of ether oxygens (including phenoxy) is 4. The lowest BCUT2D eigenvalue weighted by molar-refractivity contribution is -0.161. The smallest absolute Gasteiger partial charge is 0.462 e. The van der Waals surface area contributed by atoms with Crippen molar-refractivity contribution in [3.63, 3.8) is 0 Å². The normalized spacial score (nSPS) is 14.1. The number of carbonyl (C=O) groups is 4. The molecule has 0 aromatic rings. The predicted octanol–water partition coefficient (Wildman–Crippen LogP) is 26.5. The highest BCUT2D eigenvalue weighted by atomic mass is 31.2. The lowest BCUT2D eigenvalue weighted by atomic mass is 10.00. The van der Waals surface area contributed by atoms with Gasteiger partial charge in [0.2, 0.25) is 0 Å². The fraction of sp³-hybridized carbons (Fsp3) is 0.954. The van der Waals surface area contributed by atoms with E-state index in [1.807, 2.05) is 0 Å². The van der Waals surface area contributed by atoms with Crippen molar-refractivity contribution >= 4 is 39.5 Å². The first-order valence-corrected chi connectivity index (χ1v) is 47.9. The molecule has 0 radical (unpaired) electrons. The van der Waals surface area contributed by atoms with E-state index in [9.17, 15) is 43.2 Å². The van der Waals surface area contributed by atoms with Crippen molar-refractivity contribution in [3.8, 4) is 0 Å². The summed E-state index contributed by atoms with van der Waals surface area (Å²) in [5.41, 5.74) is 0. The van der Waals surface area contributed by atoms with Gasteiger partial charge in [-0.2, -0.15) is 0 Å². The third-order valence-electron chi connectivity index (χ3n) is 20.7. The molecule has 0 aromatic heterocycles. The van der Waals surface area contributed by atoms with Crippen molar-refractivity contribution in [3.05, 3.63) is 0 Å². The van der Waals surface area contributed by atoms with E-state index in [1.54, 1.807) is 0 Å². The Morgan fingerprint density at radius 1 is 0.274 bits per heavy atom. The van der Waals surface area contributed by atoms with Crippen molar-refractivity contribution in [2.45, 2.75) is 478 Å². The molecular weight excluding hydrogens is 1380 g/mol. The number of aliphatic hydroxyl groups excluding tert-OH is 1. The number of carbonyl (C=O) groups excluding carboxylic acids is 4. The van der Waals surface area contributed by atoms with E-state index in [2.05, 4.69) is 48.5 Å². The van der Waals surface area contributed by atoms with Crippen LogP contribution in [0.15, 0.2) is 0 Å². The van der Waals surface area contributed by atoms with Crippen LogP contribution in [-0.4, -0.2) is 96.7 Å². The molecule has 6 atom stereocenters. The molecule has 0 aliphatic rings. The van der Waals surface area contributed by atoms with E-state index in [4.69, 9.17) is 37.0 Å². The lowest BCUT2D eigenvalue weighted by Crippen LogP contribution is -2.30. The minimum Gasteiger partial charge on any atom is -0.462 e. The van der Waals surface area contributed by atoms with Gasteiger partial charge in [-0.05, 0) is 43.4 Å². The topological polar surface area (TPSA) is 237 Å². The SMILES string of the molecule is CCCCCCCCCCCCCCCCCCCCCCCC(=O)OC[C@H](COP(=O)(O)OC[C@@H](O)COP(=O)(O)OC[C@@H](COC(=O)CCCCCCCCC(C)CC)OC(=O)CCCCCCCCCCCCCC(C)C)OC(=O)CCCCCCCCCCCCCCCCCCCCC(C)C. The van der Waals surface area contributed by atoms with Crippen LogP contribution < -0.4 is 0 Å². The number of rotatable bonds is 85. The Morgan fingerprint density at radius 3 is 0.717 bits per heavy atom. The molecule has 0 aromatic carbocycles. The van der Waals surface area contributed by atoms with Crippen LogP contribution in [0.4, 0.5) is 0 Å². The van der Waals surface area contributed by atoms with Gasteiger partial charge in [-0.3, -0.25) is 37.3 Å². The number of phosphoric ester groups is 2. The fourth-order valence-electron chi connectivity index (χ4n) is 13.5. The zero-order chi connectivity index (χ0) is 77.9. The summed E-state index contributed by atoms with van der Waals surface area (Å²) in [6.45, 7) is 12.0. The van der Waals surface area contributed by atoms with Gasteiger partial charge in [0.15, 0.2) is 12.2 Å². The van der Waals surface area contributed by atoms with Crippen LogP contribution in [-0.2, 0) is 65.4 Å². The third kappa shape index (κ3) is 78.7. The van der Waals surface area contributed by atoms with Crippen molar-refractivity contribution in [2.24, 2.45) is 17.8 Å². The van der Waals surface area contributed by atoms with Crippen LogP contribution >= 0.6 is 15.6 Å². The maximum Gasteiger partial charge on any atom is 0.472 e. The molecule has 106 heavy (non-hydrogen) atoms. The van der Waals surface area contributed by atoms with Crippen LogP contribution in [0.1, 0.15) is 459 Å². The van der Waals surface area contributed by atoms with Gasteiger partial charge in [0.25, 0.3) is 0 Å². The largest absolute Gasteiger partial charge is 0.472 e. The van der Waals surface area contributed by atoms with Gasteiger partial charge in [0, 0.05) is 25.7 Å². The molecule has 0 fully saturated rings. The highest BCUT2D eigenvalue weighted by molar-refractivity contribution is 7.47. The monoisotopic (exact) mass is 1550 g/mol. The quantitative estimate of drug-likeness (QED) is 0.0222. The fourth-order valence-corrected chi connectivity index (χ4v) is 15.1. The van der Waals surface area contributed by atoms with E-state index in [0.29, 0.717) is 25.7 Å². The van der Waals surface area contributed by atoms with Gasteiger partial charge in [-0.1, -0.05) is 408 Å². The maximum atomic E-state index is 13.2. The van der Waals surface area contributed by atoms with Crippen LogP contribution in [0.2, 0.25) is 0 Å². The van der Waals surface area contributed by atoms with Gasteiger partial charge in [-0.25, -0.2) is 9.13 Å². The van der Waals surface area contributed by atoms with Gasteiger partial charge in [0.1, 0.15) is 19.3 Å². The summed E-state index contributed by atoms with van der Waals surface area (Å²) < 4.78 is 68.9. The standard InChI is InChI=1S/C87H170O17P2/c1-8-10-11-12-13-14-15-16-17-18-19-20-21-25-28-31-36-41-46-54-61-68-84(89)97-74-82(103-86(91)70-63-56-47-42-37-32-29-26-23-22-24-27-30-34-39-44-51-58-65-78(3)4)76-101-105(93,94)99-72-81(88)73-100-106(95,96)102-77-83(75-98-85(90)69-62-55-50-49-53-60-67-80(7)9-2)104-87(92)71-64-57-48-43-38-33-35-40-45-52-59-66-79(5)6/h78-83,88H,8-77H2,1-7H3,(H,93,94)(H,95,96)/t80?,81-,82-,83-/m1/s1. The summed E-state index contributed by atoms with van der Waals surface area (Å²) in [5.74, 6) is 0.210. The molecular formula is C87H170O17P2. The van der Waals surface area contributed by atoms with Gasteiger partial charge in [-0.15, -0.1) is 0 Å². The molecule has 3 N–H and O–H groups in total. The molecule has 0 bridgehead atoms. The van der Waals surface area contributed by atoms with Crippen LogP contribution in [0.3, 0.4) is 0 Å². The number of phosphoric acid groups is 2. The van der Waals surface area contributed by atoms with E-state index < -0.39 is 97.5 Å². The van der Waals surface area contributed by atoms with Crippen LogP contribution in [0.5, 0.6) is 0 Å². The highest BCUT2D eigenvalue weighted by Gasteiger charge is 2.31. The molecule has 0 saturated carbocycles. The summed E-state index contributed by atoms with van der Waals surface area (Å²) in [6, 6.07) is 0. The Morgan fingerprint density at radius 2 is 0.481 bits per heavy atom. The Labute approximate surface area is 651 Å². The molecule has 0 heterocycles. The molecule has 3 unspecified atom stereocenters. The Hall–Kier alpha value is -1.94. The molecule has 0 aliphatic heterocycles. The van der Waals surface area contributed by atoms with Gasteiger partial charge in [0.05, 0.1) is 26.4 Å². The zero-order valence-corrected chi connectivity index (χ0v) is 71.7. The van der Waals surface area contributed by atoms with Gasteiger partial charge >= 0.3 is 39.5 Å². The lowest BCUT2D eigenvalue weighted by Gasteiger charge is -2.21. The summed E-state index contributed by atoms with van der Waals surface area (Å²) in [6.07, 6.45) is 68.3. The van der Waals surface area contributed by atoms with Crippen LogP contribution in [0.25, 0.3) is 0 Å². The molecule has 0 saturated heterocycles.